The van der Waals surface area contributed by atoms with Crippen LogP contribution in [0.5, 0.6) is 0 Å². The summed E-state index contributed by atoms with van der Waals surface area (Å²) < 4.78 is 10.3. The lowest BCUT2D eigenvalue weighted by molar-refractivity contribution is -0.117. The molecule has 0 heterocycles. The molecule has 0 aromatic heterocycles. The number of ether oxygens (including phenoxy) is 2. The van der Waals surface area contributed by atoms with Crippen molar-refractivity contribution in [2.24, 2.45) is 0 Å². The third-order valence-electron chi connectivity index (χ3n) is 2.46. The number of benzene rings is 1. The molecule has 0 bridgehead atoms. The van der Waals surface area contributed by atoms with Gasteiger partial charge in [0, 0.05) is 12.8 Å². The highest BCUT2D eigenvalue weighted by Gasteiger charge is 2.11. The van der Waals surface area contributed by atoms with E-state index in [-0.39, 0.29) is 18.4 Å². The number of halogens is 2. The maximum atomic E-state index is 11.8. The number of hydrogen-bond donors (Lipinski definition) is 2. The average Bonchev–Trinajstić information content (AvgIpc) is 2.34. The maximum absolute atomic E-state index is 11.8. The molecule has 3 N–H and O–H groups in total. The molecule has 0 aliphatic rings. The van der Waals surface area contributed by atoms with Gasteiger partial charge >= 0.3 is 0 Å². The van der Waals surface area contributed by atoms with Gasteiger partial charge in [0.2, 0.25) is 5.91 Å². The van der Waals surface area contributed by atoms with Crippen LogP contribution in [0, 0.1) is 0 Å². The van der Waals surface area contributed by atoms with Crippen LogP contribution in [0.1, 0.15) is 13.3 Å². The Balaban J connectivity index is 2.47. The lowest BCUT2D eigenvalue weighted by Crippen LogP contribution is -2.19. The van der Waals surface area contributed by atoms with Crippen LogP contribution >= 0.6 is 23.2 Å². The molecular weight excluding hydrogens is 303 g/mol. The number of nitrogens with one attached hydrogen (secondary N) is 1. The zero-order valence-corrected chi connectivity index (χ0v) is 12.9. The zero-order chi connectivity index (χ0) is 15.1. The summed E-state index contributed by atoms with van der Waals surface area (Å²) in [7, 11) is 1.59. The van der Waals surface area contributed by atoms with Crippen molar-refractivity contribution in [2.75, 3.05) is 31.4 Å². The molecule has 0 saturated carbocycles. The first-order valence-corrected chi connectivity index (χ1v) is 6.84. The molecule has 1 aromatic rings. The summed E-state index contributed by atoms with van der Waals surface area (Å²) in [5, 5.41) is 3.25. The molecule has 112 valence electrons. The SMILES string of the molecule is COCC(C)OCCC(=O)Nc1c(Cl)cc(N)cc1Cl. The number of nitrogens with two attached hydrogens (primary N) is 1. The van der Waals surface area contributed by atoms with Crippen LogP contribution in [-0.2, 0) is 14.3 Å². The Morgan fingerprint density at radius 2 is 2.00 bits per heavy atom. The second kappa shape index (κ2) is 8.32. The predicted octanol–water partition coefficient (Wildman–Crippen LogP) is 2.96. The molecule has 1 amide bonds. The Labute approximate surface area is 128 Å². The van der Waals surface area contributed by atoms with Crippen molar-refractivity contribution >= 4 is 40.5 Å². The number of anilines is 2. The fourth-order valence-corrected chi connectivity index (χ4v) is 2.15. The van der Waals surface area contributed by atoms with Crippen LogP contribution in [0.15, 0.2) is 12.1 Å². The minimum absolute atomic E-state index is 0.0588. The topological polar surface area (TPSA) is 73.6 Å². The van der Waals surface area contributed by atoms with Gasteiger partial charge in [-0.3, -0.25) is 4.79 Å². The number of hydrogen-bond acceptors (Lipinski definition) is 4. The van der Waals surface area contributed by atoms with Gasteiger partial charge in [0.1, 0.15) is 0 Å². The molecule has 20 heavy (non-hydrogen) atoms. The molecule has 1 atom stereocenters. The van der Waals surface area contributed by atoms with E-state index in [0.29, 0.717) is 34.6 Å². The maximum Gasteiger partial charge on any atom is 0.226 e. The molecular formula is C13H18Cl2N2O3. The van der Waals surface area contributed by atoms with Gasteiger partial charge in [-0.15, -0.1) is 0 Å². The van der Waals surface area contributed by atoms with E-state index in [1.165, 1.54) is 12.1 Å². The number of carbonyl (C=O) groups excluding carboxylic acids is 1. The van der Waals surface area contributed by atoms with Crippen LogP contribution in [0.25, 0.3) is 0 Å². The Morgan fingerprint density at radius 1 is 1.40 bits per heavy atom. The first-order chi connectivity index (χ1) is 9.43. The standard InChI is InChI=1S/C13H18Cl2N2O3/c1-8(7-19-2)20-4-3-12(18)17-13-10(14)5-9(16)6-11(13)15/h5-6,8H,3-4,7,16H2,1-2H3,(H,17,18). The van der Waals surface area contributed by atoms with Crippen molar-refractivity contribution in [3.63, 3.8) is 0 Å². The molecule has 0 spiro atoms. The number of nitrogen functional groups attached to an aromatic ring is 1. The van der Waals surface area contributed by atoms with E-state index in [4.69, 9.17) is 38.4 Å². The summed E-state index contributed by atoms with van der Waals surface area (Å²) in [6.07, 6.45) is 0.141. The highest BCUT2D eigenvalue weighted by molar-refractivity contribution is 6.40. The molecule has 0 saturated heterocycles. The summed E-state index contributed by atoms with van der Waals surface area (Å²) in [6, 6.07) is 3.06. The van der Waals surface area contributed by atoms with E-state index in [9.17, 15) is 4.79 Å². The van der Waals surface area contributed by atoms with Gasteiger partial charge in [0.25, 0.3) is 0 Å². The van der Waals surface area contributed by atoms with E-state index < -0.39 is 0 Å². The monoisotopic (exact) mass is 320 g/mol. The zero-order valence-electron chi connectivity index (χ0n) is 11.4. The van der Waals surface area contributed by atoms with Gasteiger partial charge in [-0.1, -0.05) is 23.2 Å². The van der Waals surface area contributed by atoms with Crippen molar-refractivity contribution in [3.8, 4) is 0 Å². The van der Waals surface area contributed by atoms with E-state index >= 15 is 0 Å². The average molecular weight is 321 g/mol. The van der Waals surface area contributed by atoms with Crippen molar-refractivity contribution in [3.05, 3.63) is 22.2 Å². The van der Waals surface area contributed by atoms with Crippen LogP contribution in [0.2, 0.25) is 10.0 Å². The summed E-state index contributed by atoms with van der Waals surface area (Å²) in [5.74, 6) is -0.233. The third kappa shape index (κ3) is 5.54. The van der Waals surface area contributed by atoms with Gasteiger partial charge in [-0.2, -0.15) is 0 Å². The lowest BCUT2D eigenvalue weighted by Gasteiger charge is -2.13. The normalized spacial score (nSPS) is 12.2. The fraction of sp³-hybridized carbons (Fsp3) is 0.462. The number of methoxy groups -OCH3 is 1. The molecule has 1 rings (SSSR count). The second-order valence-electron chi connectivity index (χ2n) is 4.29. The lowest BCUT2D eigenvalue weighted by atomic mass is 10.2. The highest BCUT2D eigenvalue weighted by Crippen LogP contribution is 2.32. The first-order valence-electron chi connectivity index (χ1n) is 6.09. The Bertz CT molecular complexity index is 446. The summed E-state index contributed by atoms with van der Waals surface area (Å²) in [6.45, 7) is 2.65. The minimum atomic E-state index is -0.233. The van der Waals surface area contributed by atoms with E-state index in [0.717, 1.165) is 0 Å². The quantitative estimate of drug-likeness (QED) is 0.757. The van der Waals surface area contributed by atoms with Gasteiger partial charge in [0.05, 0.1) is 41.5 Å². The molecule has 5 nitrogen and oxygen atoms in total. The molecule has 0 aliphatic heterocycles. The fourth-order valence-electron chi connectivity index (χ4n) is 1.55. The van der Waals surface area contributed by atoms with E-state index in [2.05, 4.69) is 5.32 Å². The van der Waals surface area contributed by atoms with Crippen LogP contribution in [0.4, 0.5) is 11.4 Å². The van der Waals surface area contributed by atoms with E-state index in [1.54, 1.807) is 7.11 Å². The minimum Gasteiger partial charge on any atom is -0.399 e. The molecule has 1 unspecified atom stereocenters. The van der Waals surface area contributed by atoms with Gasteiger partial charge in [0.15, 0.2) is 0 Å². The Morgan fingerprint density at radius 3 is 2.55 bits per heavy atom. The Hall–Kier alpha value is -1.01. The highest BCUT2D eigenvalue weighted by atomic mass is 35.5. The molecule has 0 fully saturated rings. The summed E-state index contributed by atoms with van der Waals surface area (Å²) in [4.78, 5) is 11.8. The summed E-state index contributed by atoms with van der Waals surface area (Å²) in [5.41, 5.74) is 6.39. The van der Waals surface area contributed by atoms with Crippen LogP contribution in [0.3, 0.4) is 0 Å². The predicted molar refractivity (Wildman–Crippen MR) is 81.4 cm³/mol. The van der Waals surface area contributed by atoms with E-state index in [1.807, 2.05) is 6.92 Å². The van der Waals surface area contributed by atoms with Crippen molar-refractivity contribution in [1.29, 1.82) is 0 Å². The number of amides is 1. The molecule has 0 radical (unpaired) electrons. The second-order valence-corrected chi connectivity index (χ2v) is 5.11. The molecule has 7 heteroatoms. The van der Waals surface area contributed by atoms with Gasteiger partial charge in [-0.25, -0.2) is 0 Å². The smallest absolute Gasteiger partial charge is 0.226 e. The Kier molecular flexibility index (Phi) is 7.09. The third-order valence-corrected chi connectivity index (χ3v) is 3.06. The first kappa shape index (κ1) is 17.0. The van der Waals surface area contributed by atoms with Crippen LogP contribution < -0.4 is 11.1 Å². The molecule has 1 aromatic carbocycles. The van der Waals surface area contributed by atoms with Crippen molar-refractivity contribution in [2.45, 2.75) is 19.4 Å². The van der Waals surface area contributed by atoms with Crippen LogP contribution in [-0.4, -0.2) is 32.3 Å². The summed E-state index contributed by atoms with van der Waals surface area (Å²) >= 11 is 12.0. The van der Waals surface area contributed by atoms with Gasteiger partial charge < -0.3 is 20.5 Å². The largest absolute Gasteiger partial charge is 0.399 e. The molecule has 0 aliphatic carbocycles. The van der Waals surface area contributed by atoms with Crippen molar-refractivity contribution in [1.82, 2.24) is 0 Å². The van der Waals surface area contributed by atoms with Gasteiger partial charge in [-0.05, 0) is 19.1 Å². The number of rotatable bonds is 7. The van der Waals surface area contributed by atoms with Crippen molar-refractivity contribution < 1.29 is 14.3 Å². The number of carbonyl (C=O) groups is 1.